The molecule has 1 N–H and O–H groups in total. The van der Waals surface area contributed by atoms with Gasteiger partial charge in [0.2, 0.25) is 0 Å². The summed E-state index contributed by atoms with van der Waals surface area (Å²) in [5.41, 5.74) is 2.38. The number of anilines is 2. The van der Waals surface area contributed by atoms with Gasteiger partial charge in [-0.05, 0) is 29.1 Å². The zero-order valence-corrected chi connectivity index (χ0v) is 18.7. The summed E-state index contributed by atoms with van der Waals surface area (Å²) in [6, 6.07) is 29.6. The number of amides is 2. The Morgan fingerprint density at radius 3 is 2.44 bits per heavy atom. The van der Waals surface area contributed by atoms with E-state index in [1.807, 2.05) is 66.7 Å². The second kappa shape index (κ2) is 8.86. The van der Waals surface area contributed by atoms with Crippen molar-refractivity contribution in [3.05, 3.63) is 113 Å². The topological polar surface area (TPSA) is 73.2 Å². The molecule has 6 heteroatoms. The van der Waals surface area contributed by atoms with Gasteiger partial charge < -0.3 is 10.2 Å². The molecular formula is C28H18ClN3O2. The Morgan fingerprint density at radius 1 is 0.912 bits per heavy atom. The molecule has 0 aliphatic carbocycles. The van der Waals surface area contributed by atoms with E-state index in [0.29, 0.717) is 22.0 Å². The van der Waals surface area contributed by atoms with Gasteiger partial charge in [0.15, 0.2) is 0 Å². The first-order valence-electron chi connectivity index (χ1n) is 10.7. The summed E-state index contributed by atoms with van der Waals surface area (Å²) in [5.74, 6) is -1.04. The zero-order valence-electron chi connectivity index (χ0n) is 18.0. The minimum Gasteiger partial charge on any atom is -0.321 e. The van der Waals surface area contributed by atoms with Gasteiger partial charge >= 0.3 is 0 Å². The lowest BCUT2D eigenvalue weighted by Gasteiger charge is -2.18. The van der Waals surface area contributed by atoms with Crippen LogP contribution < -0.4 is 10.2 Å². The number of fused-ring (bicyclic) bond motifs is 2. The molecule has 0 saturated heterocycles. The Bertz CT molecular complexity index is 1530. The maximum atomic E-state index is 13.5. The van der Waals surface area contributed by atoms with E-state index in [4.69, 9.17) is 11.6 Å². The molecule has 1 aliphatic heterocycles. The molecule has 2 amide bonds. The maximum Gasteiger partial charge on any atom is 0.267 e. The Labute approximate surface area is 201 Å². The van der Waals surface area contributed by atoms with Crippen molar-refractivity contribution < 1.29 is 9.59 Å². The molecule has 0 bridgehead atoms. The molecule has 0 unspecified atom stereocenters. The number of nitriles is 1. The molecule has 5 nitrogen and oxygen atoms in total. The molecule has 0 saturated carbocycles. The molecule has 1 heterocycles. The van der Waals surface area contributed by atoms with Crippen LogP contribution in [0, 0.1) is 11.3 Å². The van der Waals surface area contributed by atoms with E-state index < -0.39 is 11.8 Å². The van der Waals surface area contributed by atoms with Crippen LogP contribution >= 0.6 is 11.6 Å². The lowest BCUT2D eigenvalue weighted by Crippen LogP contribution is -2.27. The van der Waals surface area contributed by atoms with Crippen molar-refractivity contribution >= 4 is 51.1 Å². The van der Waals surface area contributed by atoms with E-state index in [9.17, 15) is 14.9 Å². The summed E-state index contributed by atoms with van der Waals surface area (Å²) in [5, 5.41) is 15.1. The minimum atomic E-state index is -0.628. The average molecular weight is 464 g/mol. The zero-order chi connectivity index (χ0) is 23.7. The Kier molecular flexibility index (Phi) is 5.59. The molecule has 1 aliphatic rings. The van der Waals surface area contributed by atoms with Crippen molar-refractivity contribution in [2.24, 2.45) is 0 Å². The van der Waals surface area contributed by atoms with E-state index in [2.05, 4.69) is 5.32 Å². The van der Waals surface area contributed by atoms with Gasteiger partial charge in [-0.1, -0.05) is 84.4 Å². The van der Waals surface area contributed by atoms with Crippen LogP contribution in [-0.2, 0) is 16.1 Å². The van der Waals surface area contributed by atoms with Crippen molar-refractivity contribution in [3.63, 3.8) is 0 Å². The van der Waals surface area contributed by atoms with Crippen LogP contribution in [0.15, 0.2) is 96.6 Å². The number of benzene rings is 4. The fourth-order valence-corrected chi connectivity index (χ4v) is 4.41. The van der Waals surface area contributed by atoms with Crippen molar-refractivity contribution in [1.29, 1.82) is 5.26 Å². The predicted octanol–water partition coefficient (Wildman–Crippen LogP) is 5.96. The van der Waals surface area contributed by atoms with E-state index in [-0.39, 0.29) is 17.7 Å². The van der Waals surface area contributed by atoms with Crippen LogP contribution in [0.4, 0.5) is 11.4 Å². The number of halogens is 1. The summed E-state index contributed by atoms with van der Waals surface area (Å²) in [7, 11) is 0. The highest BCUT2D eigenvalue weighted by Gasteiger charge is 2.36. The molecule has 0 radical (unpaired) electrons. The van der Waals surface area contributed by atoms with Gasteiger partial charge in [-0.3, -0.25) is 9.59 Å². The normalized spacial score (nSPS) is 14.0. The Hall–Kier alpha value is -4.40. The molecule has 4 aromatic carbocycles. The first-order valence-corrected chi connectivity index (χ1v) is 11.0. The molecule has 164 valence electrons. The van der Waals surface area contributed by atoms with Gasteiger partial charge in [-0.15, -0.1) is 0 Å². The molecule has 4 aromatic rings. The number of hydrogen-bond donors (Lipinski definition) is 1. The summed E-state index contributed by atoms with van der Waals surface area (Å²) in [6.45, 7) is 0.225. The third kappa shape index (κ3) is 3.71. The monoisotopic (exact) mass is 463 g/mol. The van der Waals surface area contributed by atoms with Crippen LogP contribution in [0.3, 0.4) is 0 Å². The van der Waals surface area contributed by atoms with Gasteiger partial charge in [0, 0.05) is 21.7 Å². The largest absolute Gasteiger partial charge is 0.321 e. The molecule has 34 heavy (non-hydrogen) atoms. The third-order valence-electron chi connectivity index (χ3n) is 5.84. The first kappa shape index (κ1) is 21.4. The van der Waals surface area contributed by atoms with Gasteiger partial charge in [0.25, 0.3) is 11.8 Å². The maximum absolute atomic E-state index is 13.5. The van der Waals surface area contributed by atoms with Crippen molar-refractivity contribution in [1.82, 2.24) is 0 Å². The SMILES string of the molecule is N#C/C(C(=O)Nc1cccc2ccccc12)=C1\C(=O)N(Cc2ccccc2Cl)c2ccccc21. The second-order valence-electron chi connectivity index (χ2n) is 7.84. The highest BCUT2D eigenvalue weighted by Crippen LogP contribution is 2.40. The van der Waals surface area contributed by atoms with Crippen LogP contribution in [0.2, 0.25) is 5.02 Å². The summed E-state index contributed by atoms with van der Waals surface area (Å²) >= 11 is 6.33. The van der Waals surface area contributed by atoms with E-state index in [1.54, 1.807) is 35.2 Å². The Morgan fingerprint density at radius 2 is 1.62 bits per heavy atom. The second-order valence-corrected chi connectivity index (χ2v) is 8.25. The lowest BCUT2D eigenvalue weighted by molar-refractivity contribution is -0.114. The molecule has 0 spiro atoms. The van der Waals surface area contributed by atoms with E-state index in [1.165, 1.54) is 0 Å². The van der Waals surface area contributed by atoms with E-state index >= 15 is 0 Å². The van der Waals surface area contributed by atoms with Crippen LogP contribution in [0.1, 0.15) is 11.1 Å². The summed E-state index contributed by atoms with van der Waals surface area (Å²) in [4.78, 5) is 28.4. The van der Waals surface area contributed by atoms with Crippen molar-refractivity contribution in [2.45, 2.75) is 6.54 Å². The molecule has 0 fully saturated rings. The summed E-state index contributed by atoms with van der Waals surface area (Å²) < 4.78 is 0. The molecule has 5 rings (SSSR count). The highest BCUT2D eigenvalue weighted by atomic mass is 35.5. The standard InChI is InChI=1S/C28H18ClN3O2/c29-23-13-5-2-9-19(23)17-32-25-15-6-4-12-21(25)26(28(32)34)22(16-30)27(33)31-24-14-7-10-18-8-1-3-11-20(18)24/h1-15H,17H2,(H,31,33)/b26-22+. The van der Waals surface area contributed by atoms with Gasteiger partial charge in [0.05, 0.1) is 17.8 Å². The smallest absolute Gasteiger partial charge is 0.267 e. The van der Waals surface area contributed by atoms with Crippen molar-refractivity contribution in [3.8, 4) is 6.07 Å². The number of carbonyl (C=O) groups excluding carboxylic acids is 2. The predicted molar refractivity (Wildman–Crippen MR) is 134 cm³/mol. The van der Waals surface area contributed by atoms with Gasteiger partial charge in [-0.2, -0.15) is 5.26 Å². The molecule has 0 atom stereocenters. The van der Waals surface area contributed by atoms with Gasteiger partial charge in [0.1, 0.15) is 11.6 Å². The third-order valence-corrected chi connectivity index (χ3v) is 6.20. The number of nitrogens with one attached hydrogen (secondary N) is 1. The van der Waals surface area contributed by atoms with Crippen LogP contribution in [0.5, 0.6) is 0 Å². The number of para-hydroxylation sites is 1. The van der Waals surface area contributed by atoms with Crippen LogP contribution in [-0.4, -0.2) is 11.8 Å². The number of carbonyl (C=O) groups is 2. The summed E-state index contributed by atoms with van der Waals surface area (Å²) in [6.07, 6.45) is 0. The number of nitrogens with zero attached hydrogens (tertiary/aromatic N) is 2. The molecular weight excluding hydrogens is 446 g/mol. The fraction of sp³-hybridized carbons (Fsp3) is 0.0357. The fourth-order valence-electron chi connectivity index (χ4n) is 4.21. The minimum absolute atomic E-state index is 0.0860. The Balaban J connectivity index is 1.56. The number of rotatable bonds is 4. The highest BCUT2D eigenvalue weighted by molar-refractivity contribution is 6.38. The molecule has 0 aromatic heterocycles. The van der Waals surface area contributed by atoms with E-state index in [0.717, 1.165) is 16.3 Å². The first-order chi connectivity index (χ1) is 16.6. The van der Waals surface area contributed by atoms with Gasteiger partial charge in [-0.25, -0.2) is 0 Å². The number of hydrogen-bond acceptors (Lipinski definition) is 3. The average Bonchev–Trinajstić information content (AvgIpc) is 3.13. The lowest BCUT2D eigenvalue weighted by atomic mass is 10.0. The quantitative estimate of drug-likeness (QED) is 0.300. The van der Waals surface area contributed by atoms with Crippen molar-refractivity contribution in [2.75, 3.05) is 10.2 Å². The van der Waals surface area contributed by atoms with Crippen LogP contribution in [0.25, 0.3) is 16.3 Å².